The predicted molar refractivity (Wildman–Crippen MR) is 134 cm³/mol. The highest BCUT2D eigenvalue weighted by molar-refractivity contribution is 6.33. The summed E-state index contributed by atoms with van der Waals surface area (Å²) in [6.45, 7) is 10.1. The maximum Gasteiger partial charge on any atom is 0.259 e. The zero-order valence-electron chi connectivity index (χ0n) is 20.0. The molecule has 4 rings (SSSR count). The van der Waals surface area contributed by atoms with E-state index in [-0.39, 0.29) is 11.3 Å². The van der Waals surface area contributed by atoms with Crippen molar-refractivity contribution in [2.24, 2.45) is 5.92 Å². The second-order valence-corrected chi connectivity index (χ2v) is 10.6. The summed E-state index contributed by atoms with van der Waals surface area (Å²) in [4.78, 5) is 15.5. The van der Waals surface area contributed by atoms with Gasteiger partial charge in [-0.3, -0.25) is 4.79 Å². The van der Waals surface area contributed by atoms with E-state index in [1.54, 1.807) is 6.07 Å². The van der Waals surface area contributed by atoms with E-state index in [0.717, 1.165) is 38.8 Å². The molecule has 5 heteroatoms. The Kier molecular flexibility index (Phi) is 6.94. The van der Waals surface area contributed by atoms with Crippen LogP contribution in [0.15, 0.2) is 53.1 Å². The van der Waals surface area contributed by atoms with Crippen LogP contribution in [0.2, 0.25) is 5.02 Å². The van der Waals surface area contributed by atoms with Crippen LogP contribution < -0.4 is 0 Å². The molecule has 0 N–H and O–H groups in total. The average molecular weight is 465 g/mol. The largest absolute Gasteiger partial charge is 0.355 e. The van der Waals surface area contributed by atoms with E-state index in [0.29, 0.717) is 33.5 Å². The van der Waals surface area contributed by atoms with Crippen molar-refractivity contribution in [1.82, 2.24) is 10.1 Å². The van der Waals surface area contributed by atoms with Crippen molar-refractivity contribution >= 4 is 17.5 Å². The fourth-order valence-electron chi connectivity index (χ4n) is 4.64. The first-order chi connectivity index (χ1) is 15.7. The summed E-state index contributed by atoms with van der Waals surface area (Å²) in [6.07, 6.45) is 4.29. The molecule has 1 amide bonds. The van der Waals surface area contributed by atoms with E-state index in [2.05, 4.69) is 50.2 Å². The minimum absolute atomic E-state index is 0.0112. The molecule has 4 nitrogen and oxygen atoms in total. The van der Waals surface area contributed by atoms with Crippen molar-refractivity contribution in [3.05, 3.63) is 75.9 Å². The number of carbonyl (C=O) groups is 1. The van der Waals surface area contributed by atoms with Crippen LogP contribution in [-0.4, -0.2) is 29.1 Å². The lowest BCUT2D eigenvalue weighted by Crippen LogP contribution is -2.40. The molecule has 1 unspecified atom stereocenters. The van der Waals surface area contributed by atoms with Gasteiger partial charge in [-0.25, -0.2) is 0 Å². The summed E-state index contributed by atoms with van der Waals surface area (Å²) in [7, 11) is 0. The van der Waals surface area contributed by atoms with Crippen LogP contribution in [-0.2, 0) is 11.8 Å². The molecule has 0 saturated carbocycles. The number of carbonyl (C=O) groups excluding carboxylic acids is 1. The van der Waals surface area contributed by atoms with E-state index in [4.69, 9.17) is 16.1 Å². The number of aryl methyl sites for hydroxylation is 2. The number of benzene rings is 2. The van der Waals surface area contributed by atoms with E-state index < -0.39 is 0 Å². The Morgan fingerprint density at radius 2 is 1.88 bits per heavy atom. The number of amides is 1. The summed E-state index contributed by atoms with van der Waals surface area (Å²) in [5.74, 6) is 0.945. The first-order valence-electron chi connectivity index (χ1n) is 11.8. The van der Waals surface area contributed by atoms with Gasteiger partial charge in [0.1, 0.15) is 5.56 Å². The van der Waals surface area contributed by atoms with Crippen LogP contribution in [0.4, 0.5) is 0 Å². The third-order valence-corrected chi connectivity index (χ3v) is 6.99. The zero-order chi connectivity index (χ0) is 23.6. The van der Waals surface area contributed by atoms with E-state index >= 15 is 0 Å². The number of piperidine rings is 1. The number of hydrogen-bond donors (Lipinski definition) is 0. The van der Waals surface area contributed by atoms with Gasteiger partial charge in [-0.1, -0.05) is 73.9 Å². The quantitative estimate of drug-likeness (QED) is 0.405. The van der Waals surface area contributed by atoms with Crippen molar-refractivity contribution in [2.75, 3.05) is 13.1 Å². The maximum absolute atomic E-state index is 13.5. The highest BCUT2D eigenvalue weighted by Gasteiger charge is 2.30. The topological polar surface area (TPSA) is 46.3 Å². The molecule has 1 fully saturated rings. The van der Waals surface area contributed by atoms with Crippen molar-refractivity contribution in [2.45, 2.75) is 58.8 Å². The van der Waals surface area contributed by atoms with Gasteiger partial charge < -0.3 is 9.42 Å². The SMILES string of the molecule is Cc1noc(-c2ccccc2Cl)c1C(=O)N1CCCC(CCc2ccc(C(C)(C)C)cc2)C1. The molecule has 1 saturated heterocycles. The summed E-state index contributed by atoms with van der Waals surface area (Å²) in [5.41, 5.74) is 4.74. The Labute approximate surface area is 201 Å². The molecular formula is C28H33ClN2O2. The van der Waals surface area contributed by atoms with Crippen LogP contribution in [0.3, 0.4) is 0 Å². The third kappa shape index (κ3) is 5.33. The minimum atomic E-state index is -0.0112. The van der Waals surface area contributed by atoms with Gasteiger partial charge >= 0.3 is 0 Å². The van der Waals surface area contributed by atoms with Crippen molar-refractivity contribution in [1.29, 1.82) is 0 Å². The molecule has 1 aliphatic rings. The second-order valence-electron chi connectivity index (χ2n) is 10.2. The third-order valence-electron chi connectivity index (χ3n) is 6.66. The lowest BCUT2D eigenvalue weighted by atomic mass is 9.86. The normalized spacial score (nSPS) is 16.8. The fourth-order valence-corrected chi connectivity index (χ4v) is 4.86. The first-order valence-corrected chi connectivity index (χ1v) is 12.2. The molecule has 1 aromatic heterocycles. The summed E-state index contributed by atoms with van der Waals surface area (Å²) >= 11 is 6.37. The number of nitrogens with zero attached hydrogens (tertiary/aromatic N) is 2. The minimum Gasteiger partial charge on any atom is -0.355 e. The highest BCUT2D eigenvalue weighted by atomic mass is 35.5. The molecule has 33 heavy (non-hydrogen) atoms. The Bertz CT molecular complexity index is 1110. The lowest BCUT2D eigenvalue weighted by Gasteiger charge is -2.33. The standard InChI is InChI=1S/C28H33ClN2O2/c1-19-25(26(33-30-19)23-9-5-6-10-24(23)29)27(32)31-17-7-8-21(18-31)12-11-20-13-15-22(16-14-20)28(2,3)4/h5-6,9-10,13-16,21H,7-8,11-12,17-18H2,1-4H3. The number of halogens is 1. The zero-order valence-corrected chi connectivity index (χ0v) is 20.8. The van der Waals surface area contributed by atoms with Crippen molar-refractivity contribution in [3.8, 4) is 11.3 Å². The first kappa shape index (κ1) is 23.6. The molecule has 0 bridgehead atoms. The van der Waals surface area contributed by atoms with Gasteiger partial charge in [0.2, 0.25) is 0 Å². The summed E-state index contributed by atoms with van der Waals surface area (Å²) in [5, 5.41) is 4.64. The van der Waals surface area contributed by atoms with Crippen LogP contribution in [0.25, 0.3) is 11.3 Å². The van der Waals surface area contributed by atoms with Gasteiger partial charge in [0.15, 0.2) is 5.76 Å². The lowest BCUT2D eigenvalue weighted by molar-refractivity contribution is 0.0668. The molecule has 1 aliphatic heterocycles. The molecule has 1 atom stereocenters. The van der Waals surface area contributed by atoms with Crippen molar-refractivity contribution in [3.63, 3.8) is 0 Å². The van der Waals surface area contributed by atoms with E-state index in [9.17, 15) is 4.79 Å². The summed E-state index contributed by atoms with van der Waals surface area (Å²) in [6, 6.07) is 16.4. The fraction of sp³-hybridized carbons (Fsp3) is 0.429. The number of rotatable bonds is 5. The number of hydrogen-bond acceptors (Lipinski definition) is 3. The molecule has 0 aliphatic carbocycles. The van der Waals surface area contributed by atoms with Gasteiger partial charge in [-0.15, -0.1) is 0 Å². The van der Waals surface area contributed by atoms with Crippen molar-refractivity contribution < 1.29 is 9.32 Å². The molecule has 0 spiro atoms. The van der Waals surface area contributed by atoms with E-state index in [1.807, 2.05) is 30.0 Å². The smallest absolute Gasteiger partial charge is 0.259 e. The summed E-state index contributed by atoms with van der Waals surface area (Å²) < 4.78 is 5.56. The molecule has 3 aromatic rings. The second kappa shape index (κ2) is 9.72. The molecule has 0 radical (unpaired) electrons. The molecule has 174 valence electrons. The Morgan fingerprint density at radius 3 is 2.58 bits per heavy atom. The maximum atomic E-state index is 13.5. The number of likely N-dealkylation sites (tertiary alicyclic amines) is 1. The van der Waals surface area contributed by atoms with Gasteiger partial charge in [0.05, 0.1) is 10.7 Å². The Morgan fingerprint density at radius 1 is 1.15 bits per heavy atom. The van der Waals surface area contributed by atoms with Gasteiger partial charge in [0, 0.05) is 18.7 Å². The molecule has 2 aromatic carbocycles. The number of aromatic nitrogens is 1. The molecule has 2 heterocycles. The average Bonchev–Trinajstić information content (AvgIpc) is 3.18. The Balaban J connectivity index is 1.44. The van der Waals surface area contributed by atoms with Crippen LogP contribution in [0, 0.1) is 12.8 Å². The van der Waals surface area contributed by atoms with Crippen LogP contribution in [0.1, 0.15) is 67.2 Å². The Hall–Kier alpha value is -2.59. The monoisotopic (exact) mass is 464 g/mol. The highest BCUT2D eigenvalue weighted by Crippen LogP contribution is 2.33. The molecular weight excluding hydrogens is 432 g/mol. The van der Waals surface area contributed by atoms with Crippen LogP contribution >= 0.6 is 11.6 Å². The van der Waals surface area contributed by atoms with Crippen LogP contribution in [0.5, 0.6) is 0 Å². The van der Waals surface area contributed by atoms with Gasteiger partial charge in [0.25, 0.3) is 5.91 Å². The van der Waals surface area contributed by atoms with Gasteiger partial charge in [-0.05, 0) is 67.2 Å². The van der Waals surface area contributed by atoms with E-state index in [1.165, 1.54) is 11.1 Å². The predicted octanol–water partition coefficient (Wildman–Crippen LogP) is 7.09. The van der Waals surface area contributed by atoms with Gasteiger partial charge in [-0.2, -0.15) is 0 Å².